The van der Waals surface area contributed by atoms with Crippen LogP contribution in [0.1, 0.15) is 33.1 Å². The fraction of sp³-hybridized carbons (Fsp3) is 0.846. The number of hydrogen-bond acceptors (Lipinski definition) is 3. The molecule has 1 saturated heterocycles. The van der Waals surface area contributed by atoms with Crippen molar-refractivity contribution in [3.05, 3.63) is 0 Å². The highest BCUT2D eigenvalue weighted by atomic mass is 32.2. The Kier molecular flexibility index (Phi) is 5.97. The van der Waals surface area contributed by atoms with Crippen LogP contribution in [0.15, 0.2) is 0 Å². The number of aliphatic carboxylic acids is 1. The van der Waals surface area contributed by atoms with Crippen LogP contribution >= 0.6 is 11.8 Å². The van der Waals surface area contributed by atoms with Crippen molar-refractivity contribution < 1.29 is 14.7 Å². The number of rotatable bonds is 6. The van der Waals surface area contributed by atoms with E-state index in [0.717, 1.165) is 12.2 Å². The summed E-state index contributed by atoms with van der Waals surface area (Å²) in [5.41, 5.74) is -1.01. The summed E-state index contributed by atoms with van der Waals surface area (Å²) in [6.45, 7) is 5.03. The normalized spacial score (nSPS) is 24.3. The molecular formula is C13H24N2O3S. The second kappa shape index (κ2) is 7.03. The lowest BCUT2D eigenvalue weighted by atomic mass is 9.93. The van der Waals surface area contributed by atoms with E-state index in [9.17, 15) is 14.7 Å². The van der Waals surface area contributed by atoms with Crippen molar-refractivity contribution in [2.75, 3.05) is 25.1 Å². The molecule has 1 heterocycles. The van der Waals surface area contributed by atoms with Gasteiger partial charge in [-0.25, -0.2) is 9.59 Å². The Morgan fingerprint density at radius 2 is 2.21 bits per heavy atom. The Labute approximate surface area is 119 Å². The van der Waals surface area contributed by atoms with Gasteiger partial charge >= 0.3 is 12.0 Å². The van der Waals surface area contributed by atoms with Crippen LogP contribution in [0.5, 0.6) is 0 Å². The molecule has 0 bridgehead atoms. The van der Waals surface area contributed by atoms with E-state index in [2.05, 4.69) is 12.2 Å². The van der Waals surface area contributed by atoms with Gasteiger partial charge in [0, 0.05) is 13.1 Å². The van der Waals surface area contributed by atoms with Gasteiger partial charge in [-0.3, -0.25) is 0 Å². The van der Waals surface area contributed by atoms with Crippen LogP contribution in [0.3, 0.4) is 0 Å². The molecule has 6 heteroatoms. The van der Waals surface area contributed by atoms with E-state index >= 15 is 0 Å². The van der Waals surface area contributed by atoms with Gasteiger partial charge < -0.3 is 15.3 Å². The topological polar surface area (TPSA) is 69.6 Å². The van der Waals surface area contributed by atoms with Crippen molar-refractivity contribution in [3.63, 3.8) is 0 Å². The molecule has 2 unspecified atom stereocenters. The molecule has 0 aromatic carbocycles. The predicted octanol–water partition coefficient (Wildman–Crippen LogP) is 2.02. The minimum atomic E-state index is -1.01. The van der Waals surface area contributed by atoms with Crippen LogP contribution in [0.25, 0.3) is 0 Å². The molecule has 2 N–H and O–H groups in total. The molecule has 110 valence electrons. The molecule has 1 rings (SSSR count). The molecule has 1 aliphatic rings. The first-order valence-corrected chi connectivity index (χ1v) is 8.15. The van der Waals surface area contributed by atoms with E-state index in [0.29, 0.717) is 31.8 Å². The number of hydrogen-bond donors (Lipinski definition) is 2. The van der Waals surface area contributed by atoms with E-state index in [1.54, 1.807) is 11.8 Å². The highest BCUT2D eigenvalue weighted by Crippen LogP contribution is 2.32. The van der Waals surface area contributed by atoms with Crippen molar-refractivity contribution in [2.45, 2.75) is 38.6 Å². The fourth-order valence-electron chi connectivity index (χ4n) is 2.62. The van der Waals surface area contributed by atoms with Gasteiger partial charge in [0.15, 0.2) is 0 Å². The molecular weight excluding hydrogens is 264 g/mol. The first-order valence-electron chi connectivity index (χ1n) is 6.75. The monoisotopic (exact) mass is 288 g/mol. The van der Waals surface area contributed by atoms with Crippen LogP contribution in [-0.4, -0.2) is 52.6 Å². The lowest BCUT2D eigenvalue weighted by molar-refractivity contribution is -0.148. The van der Waals surface area contributed by atoms with Gasteiger partial charge in [0.2, 0.25) is 0 Å². The van der Waals surface area contributed by atoms with Crippen molar-refractivity contribution in [1.82, 2.24) is 10.2 Å². The van der Waals surface area contributed by atoms with Crippen molar-refractivity contribution in [3.8, 4) is 0 Å². The number of carboxylic acids is 1. The average molecular weight is 288 g/mol. The van der Waals surface area contributed by atoms with Gasteiger partial charge in [0.1, 0.15) is 5.54 Å². The minimum Gasteiger partial charge on any atom is -0.479 e. The summed E-state index contributed by atoms with van der Waals surface area (Å²) in [6, 6.07) is -0.241. The molecule has 1 aliphatic heterocycles. The zero-order chi connectivity index (χ0) is 14.5. The van der Waals surface area contributed by atoms with Crippen molar-refractivity contribution in [2.24, 2.45) is 5.92 Å². The molecule has 0 aliphatic carbocycles. The highest BCUT2D eigenvalue weighted by molar-refractivity contribution is 7.98. The van der Waals surface area contributed by atoms with Crippen LogP contribution in [0, 0.1) is 5.92 Å². The van der Waals surface area contributed by atoms with Crippen LogP contribution in [0.4, 0.5) is 4.79 Å². The Morgan fingerprint density at radius 1 is 1.53 bits per heavy atom. The number of likely N-dealkylation sites (tertiary alicyclic amines) is 1. The summed E-state index contributed by atoms with van der Waals surface area (Å²) in [7, 11) is 0. The summed E-state index contributed by atoms with van der Waals surface area (Å²) < 4.78 is 0. The number of amides is 2. The third-order valence-electron chi connectivity index (χ3n) is 3.77. The van der Waals surface area contributed by atoms with E-state index in [4.69, 9.17) is 0 Å². The standard InChI is InChI=1S/C13H24N2O3S/c1-4-13(11(16)17)6-5-7-15(13)12(18)14-8-10(2)9-19-3/h10H,4-9H2,1-3H3,(H,14,18)(H,16,17). The van der Waals surface area contributed by atoms with Gasteiger partial charge in [-0.2, -0.15) is 11.8 Å². The predicted molar refractivity (Wildman–Crippen MR) is 77.5 cm³/mol. The fourth-order valence-corrected chi connectivity index (χ4v) is 3.30. The Bertz CT molecular complexity index is 338. The largest absolute Gasteiger partial charge is 0.479 e. The molecule has 19 heavy (non-hydrogen) atoms. The second-order valence-electron chi connectivity index (χ2n) is 5.19. The summed E-state index contributed by atoms with van der Waals surface area (Å²) in [5, 5.41) is 12.3. The lowest BCUT2D eigenvalue weighted by Gasteiger charge is -2.34. The number of urea groups is 1. The van der Waals surface area contributed by atoms with E-state index in [1.165, 1.54) is 4.90 Å². The molecule has 0 aromatic heterocycles. The van der Waals surface area contributed by atoms with Crippen LogP contribution < -0.4 is 5.32 Å². The molecule has 0 aromatic rings. The van der Waals surface area contributed by atoms with E-state index < -0.39 is 11.5 Å². The number of nitrogens with one attached hydrogen (secondary N) is 1. The van der Waals surface area contributed by atoms with E-state index in [-0.39, 0.29) is 6.03 Å². The maximum atomic E-state index is 12.2. The number of thioether (sulfide) groups is 1. The molecule has 5 nitrogen and oxygen atoms in total. The van der Waals surface area contributed by atoms with E-state index in [1.807, 2.05) is 13.2 Å². The first-order chi connectivity index (χ1) is 8.97. The molecule has 0 spiro atoms. The Morgan fingerprint density at radius 3 is 2.74 bits per heavy atom. The Hall–Kier alpha value is -0.910. The summed E-state index contributed by atoms with van der Waals surface area (Å²) in [5.74, 6) is 0.486. The second-order valence-corrected chi connectivity index (χ2v) is 6.10. The molecule has 0 saturated carbocycles. The van der Waals surface area contributed by atoms with Gasteiger partial charge in [0.25, 0.3) is 0 Å². The number of carbonyl (C=O) groups is 2. The van der Waals surface area contributed by atoms with Crippen molar-refractivity contribution >= 4 is 23.8 Å². The first kappa shape index (κ1) is 16.1. The third kappa shape index (κ3) is 3.55. The lowest BCUT2D eigenvalue weighted by Crippen LogP contribution is -2.56. The zero-order valence-electron chi connectivity index (χ0n) is 11.9. The maximum absolute atomic E-state index is 12.2. The molecule has 2 amide bonds. The summed E-state index contributed by atoms with van der Waals surface area (Å²) in [4.78, 5) is 25.2. The average Bonchev–Trinajstić information content (AvgIpc) is 2.81. The highest BCUT2D eigenvalue weighted by Gasteiger charge is 2.48. The van der Waals surface area contributed by atoms with Crippen LogP contribution in [0.2, 0.25) is 0 Å². The number of carboxylic acid groups (broad SMARTS) is 1. The van der Waals surface area contributed by atoms with Crippen LogP contribution in [-0.2, 0) is 4.79 Å². The molecule has 1 fully saturated rings. The summed E-state index contributed by atoms with van der Waals surface area (Å²) in [6.07, 6.45) is 3.79. The molecule has 2 atom stereocenters. The smallest absolute Gasteiger partial charge is 0.329 e. The number of nitrogens with zero attached hydrogens (tertiary/aromatic N) is 1. The van der Waals surface area contributed by atoms with Gasteiger partial charge in [-0.15, -0.1) is 0 Å². The van der Waals surface area contributed by atoms with Gasteiger partial charge in [0.05, 0.1) is 0 Å². The van der Waals surface area contributed by atoms with Crippen molar-refractivity contribution in [1.29, 1.82) is 0 Å². The third-order valence-corrected chi connectivity index (χ3v) is 4.67. The maximum Gasteiger partial charge on any atom is 0.329 e. The SMILES string of the molecule is CCC1(C(=O)O)CCCN1C(=O)NCC(C)CSC. The van der Waals surface area contributed by atoms with Gasteiger partial charge in [-0.1, -0.05) is 13.8 Å². The summed E-state index contributed by atoms with van der Waals surface area (Å²) >= 11 is 1.74. The molecule has 0 radical (unpaired) electrons. The Balaban J connectivity index is 2.62. The van der Waals surface area contributed by atoms with Gasteiger partial charge in [-0.05, 0) is 37.2 Å². The minimum absolute atomic E-state index is 0.241. The quantitative estimate of drug-likeness (QED) is 0.784. The zero-order valence-corrected chi connectivity index (χ0v) is 12.8. The number of carbonyl (C=O) groups excluding carboxylic acids is 1.